The van der Waals surface area contributed by atoms with Crippen LogP contribution in [0, 0.1) is 0 Å². The number of amides is 1. The number of nitrogen functional groups attached to an aromatic ring is 2. The molecular formula is C27H31N9O3S2. The van der Waals surface area contributed by atoms with Crippen LogP contribution in [0.5, 0.6) is 0 Å². The fourth-order valence-electron chi connectivity index (χ4n) is 3.53. The number of rotatable bonds is 11. The largest absolute Gasteiger partial charge is 0.458 e. The van der Waals surface area contributed by atoms with E-state index < -0.39 is 17.6 Å². The molecule has 1 amide bonds. The van der Waals surface area contributed by atoms with Gasteiger partial charge in [-0.05, 0) is 74.4 Å². The molecule has 0 aliphatic heterocycles. The van der Waals surface area contributed by atoms with Crippen LogP contribution >= 0.6 is 21.6 Å². The molecule has 0 spiro atoms. The Kier molecular flexibility index (Phi) is 9.78. The van der Waals surface area contributed by atoms with Gasteiger partial charge in [0.2, 0.25) is 5.95 Å². The van der Waals surface area contributed by atoms with Gasteiger partial charge in [0.15, 0.2) is 17.0 Å². The molecule has 4 rings (SSSR count). The summed E-state index contributed by atoms with van der Waals surface area (Å²) >= 11 is 0. The van der Waals surface area contributed by atoms with Gasteiger partial charge in [-0.25, -0.2) is 19.7 Å². The number of hydrogen-bond donors (Lipinski definition) is 4. The van der Waals surface area contributed by atoms with Crippen molar-refractivity contribution < 1.29 is 14.3 Å². The van der Waals surface area contributed by atoms with Crippen molar-refractivity contribution in [3.05, 3.63) is 66.1 Å². The lowest BCUT2D eigenvalue weighted by Gasteiger charge is -2.24. The zero-order valence-electron chi connectivity index (χ0n) is 22.8. The number of anilines is 3. The summed E-state index contributed by atoms with van der Waals surface area (Å²) in [6, 6.07) is 11.8. The van der Waals surface area contributed by atoms with Crippen molar-refractivity contribution >= 4 is 62.1 Å². The first-order valence-electron chi connectivity index (χ1n) is 12.7. The average molecular weight is 594 g/mol. The lowest BCUT2D eigenvalue weighted by Crippen LogP contribution is -2.44. The van der Waals surface area contributed by atoms with E-state index in [0.717, 1.165) is 10.7 Å². The predicted molar refractivity (Wildman–Crippen MR) is 162 cm³/mol. The minimum atomic E-state index is -0.797. The second-order valence-corrected chi connectivity index (χ2v) is 12.3. The van der Waals surface area contributed by atoms with Gasteiger partial charge in [0.1, 0.15) is 16.7 Å². The van der Waals surface area contributed by atoms with Crippen molar-refractivity contribution in [3.63, 3.8) is 0 Å². The Bertz CT molecular complexity index is 1500. The van der Waals surface area contributed by atoms with Crippen LogP contribution in [-0.2, 0) is 16.1 Å². The van der Waals surface area contributed by atoms with E-state index in [1.165, 1.54) is 10.8 Å². The van der Waals surface area contributed by atoms with Gasteiger partial charge in [-0.1, -0.05) is 16.9 Å². The molecule has 3 aromatic heterocycles. The van der Waals surface area contributed by atoms with Crippen LogP contribution in [0.1, 0.15) is 43.2 Å². The van der Waals surface area contributed by atoms with E-state index in [-0.39, 0.29) is 17.7 Å². The highest BCUT2D eigenvalue weighted by atomic mass is 33.1. The monoisotopic (exact) mass is 593 g/mol. The molecule has 12 nitrogen and oxygen atoms in total. The maximum Gasteiger partial charge on any atom is 0.329 e. The van der Waals surface area contributed by atoms with Gasteiger partial charge < -0.3 is 26.8 Å². The summed E-state index contributed by atoms with van der Waals surface area (Å²) in [7, 11) is 3.07. The van der Waals surface area contributed by atoms with Gasteiger partial charge in [-0.2, -0.15) is 9.97 Å². The molecule has 0 bridgehead atoms. The first-order chi connectivity index (χ1) is 19.6. The minimum absolute atomic E-state index is 0.0372. The topological polar surface area (TPSA) is 184 Å². The van der Waals surface area contributed by atoms with Gasteiger partial charge in [0.05, 0.1) is 18.4 Å². The molecule has 0 aliphatic carbocycles. The fourth-order valence-corrected chi connectivity index (χ4v) is 5.50. The fraction of sp³-hybridized carbons (Fsp3) is 0.296. The summed E-state index contributed by atoms with van der Waals surface area (Å²) in [5.74, 6) is -0.0395. The number of fused-ring (bicyclic) bond motifs is 1. The van der Waals surface area contributed by atoms with Crippen molar-refractivity contribution in [2.45, 2.75) is 50.4 Å². The minimum Gasteiger partial charge on any atom is -0.458 e. The summed E-state index contributed by atoms with van der Waals surface area (Å²) in [5.41, 5.74) is 13.3. The lowest BCUT2D eigenvalue weighted by atomic mass is 10.1. The number of ether oxygens (including phenoxy) is 1. The van der Waals surface area contributed by atoms with E-state index in [1.807, 2.05) is 18.2 Å². The Balaban J connectivity index is 1.34. The molecule has 0 saturated carbocycles. The Hall–Kier alpha value is -4.17. The molecular weight excluding hydrogens is 562 g/mol. The third-order valence-corrected chi connectivity index (χ3v) is 7.69. The number of hydrogen-bond acceptors (Lipinski definition) is 13. The Morgan fingerprint density at radius 1 is 1.02 bits per heavy atom. The zero-order valence-corrected chi connectivity index (χ0v) is 24.5. The van der Waals surface area contributed by atoms with Crippen molar-refractivity contribution in [1.29, 1.82) is 0 Å². The van der Waals surface area contributed by atoms with Gasteiger partial charge in [-0.3, -0.25) is 4.79 Å². The molecule has 1 unspecified atom stereocenters. The van der Waals surface area contributed by atoms with Crippen LogP contribution in [0.4, 0.5) is 17.5 Å². The van der Waals surface area contributed by atoms with Crippen LogP contribution in [0.25, 0.3) is 11.2 Å². The number of carbonyl (C=O) groups is 2. The first-order valence-corrected chi connectivity index (χ1v) is 15.0. The number of carbonyl (C=O) groups excluding carboxylic acids is 2. The van der Waals surface area contributed by atoms with E-state index in [2.05, 4.69) is 35.6 Å². The normalized spacial score (nSPS) is 12.1. The number of nitrogens with one attached hydrogen (secondary N) is 2. The molecule has 0 saturated heterocycles. The second kappa shape index (κ2) is 13.5. The number of nitrogens with two attached hydrogens (primary N) is 2. The summed E-state index contributed by atoms with van der Waals surface area (Å²) in [6.07, 6.45) is 3.71. The van der Waals surface area contributed by atoms with Crippen LogP contribution in [0.3, 0.4) is 0 Å². The number of esters is 1. The molecule has 4 aromatic rings. The SMILES string of the molecule is CC(C)(C)OC(=O)C(CCSSc1ccccn1)NC(=O)c1ccc(NCc2cnc3nc(N)nc(N)c3n2)cc1. The van der Waals surface area contributed by atoms with Gasteiger partial charge in [-0.15, -0.1) is 0 Å². The molecule has 1 aromatic carbocycles. The maximum atomic E-state index is 13.0. The van der Waals surface area contributed by atoms with Gasteiger partial charge >= 0.3 is 5.97 Å². The summed E-state index contributed by atoms with van der Waals surface area (Å²) in [4.78, 5) is 46.8. The standard InChI is InChI=1S/C27H31N9O3S2/c1-27(2,3)39-25(38)19(11-13-40-41-20-6-4-5-12-30-20)34-24(37)16-7-9-17(10-8-16)31-14-18-15-32-23-21(33-18)22(28)35-26(29)36-23/h4-10,12,15,19,31H,11,13-14H2,1-3H3,(H,34,37)(H4,28,29,32,35,36). The number of aromatic nitrogens is 5. The average Bonchev–Trinajstić information content (AvgIpc) is 2.93. The van der Waals surface area contributed by atoms with E-state index >= 15 is 0 Å². The Labute approximate surface area is 245 Å². The van der Waals surface area contributed by atoms with Crippen molar-refractivity contribution in [2.75, 3.05) is 22.5 Å². The predicted octanol–water partition coefficient (Wildman–Crippen LogP) is 3.86. The van der Waals surface area contributed by atoms with Crippen LogP contribution in [0.2, 0.25) is 0 Å². The summed E-state index contributed by atoms with van der Waals surface area (Å²) < 4.78 is 5.56. The van der Waals surface area contributed by atoms with E-state index in [9.17, 15) is 9.59 Å². The number of benzene rings is 1. The highest BCUT2D eigenvalue weighted by molar-refractivity contribution is 8.76. The molecule has 0 radical (unpaired) electrons. The van der Waals surface area contributed by atoms with Gasteiger partial charge in [0, 0.05) is 23.2 Å². The third kappa shape index (κ3) is 8.91. The molecule has 3 heterocycles. The van der Waals surface area contributed by atoms with Crippen molar-refractivity contribution in [2.24, 2.45) is 0 Å². The third-order valence-electron chi connectivity index (χ3n) is 5.39. The van der Waals surface area contributed by atoms with E-state index in [4.69, 9.17) is 16.2 Å². The molecule has 6 N–H and O–H groups in total. The highest BCUT2D eigenvalue weighted by Crippen LogP contribution is 2.30. The van der Waals surface area contributed by atoms with E-state index in [0.29, 0.717) is 41.1 Å². The maximum absolute atomic E-state index is 13.0. The van der Waals surface area contributed by atoms with E-state index in [1.54, 1.807) is 68.2 Å². The molecule has 0 fully saturated rings. The molecule has 0 aliphatic rings. The number of nitrogens with zero attached hydrogens (tertiary/aromatic N) is 5. The molecule has 1 atom stereocenters. The Morgan fingerprint density at radius 3 is 2.51 bits per heavy atom. The molecule has 41 heavy (non-hydrogen) atoms. The second-order valence-electron chi connectivity index (χ2n) is 9.85. The van der Waals surface area contributed by atoms with Crippen LogP contribution in [0.15, 0.2) is 59.9 Å². The Morgan fingerprint density at radius 2 is 1.80 bits per heavy atom. The van der Waals surface area contributed by atoms with Crippen molar-refractivity contribution in [1.82, 2.24) is 30.2 Å². The summed E-state index contributed by atoms with van der Waals surface area (Å²) in [5, 5.41) is 6.94. The van der Waals surface area contributed by atoms with Gasteiger partial charge in [0.25, 0.3) is 5.91 Å². The zero-order chi connectivity index (χ0) is 29.4. The number of pyridine rings is 1. The quantitative estimate of drug-likeness (QED) is 0.112. The smallest absolute Gasteiger partial charge is 0.329 e. The molecule has 14 heteroatoms. The lowest BCUT2D eigenvalue weighted by molar-refractivity contribution is -0.157. The highest BCUT2D eigenvalue weighted by Gasteiger charge is 2.27. The van der Waals surface area contributed by atoms with Crippen molar-refractivity contribution in [3.8, 4) is 0 Å². The van der Waals surface area contributed by atoms with Crippen LogP contribution < -0.4 is 22.1 Å². The van der Waals surface area contributed by atoms with Crippen LogP contribution in [-0.4, -0.2) is 54.2 Å². The first kappa shape index (κ1) is 29.8. The molecule has 214 valence electrons. The summed E-state index contributed by atoms with van der Waals surface area (Å²) in [6.45, 7) is 5.74.